The van der Waals surface area contributed by atoms with Crippen LogP contribution in [0.25, 0.3) is 5.82 Å². The highest BCUT2D eigenvalue weighted by Gasteiger charge is 2.21. The minimum absolute atomic E-state index is 0.123. The van der Waals surface area contributed by atoms with Crippen molar-refractivity contribution < 1.29 is 14.5 Å². The first-order valence-corrected chi connectivity index (χ1v) is 5.12. The van der Waals surface area contributed by atoms with Gasteiger partial charge in [0.05, 0.1) is 12.0 Å². The van der Waals surface area contributed by atoms with Crippen molar-refractivity contribution >= 4 is 11.7 Å². The average molecular weight is 274 g/mol. The molecule has 0 saturated carbocycles. The minimum Gasteiger partial charge on any atom is -0.464 e. The number of carbonyl (C=O) groups excluding carboxylic acids is 1. The lowest BCUT2D eigenvalue weighted by Crippen LogP contribution is -2.10. The predicted octanol–water partition coefficient (Wildman–Crippen LogP) is 0.229. The van der Waals surface area contributed by atoms with Crippen molar-refractivity contribution in [1.29, 1.82) is 5.26 Å². The Kier molecular flexibility index (Phi) is 3.34. The van der Waals surface area contributed by atoms with E-state index in [1.165, 1.54) is 0 Å². The number of rotatable bonds is 3. The third-order valence-electron chi connectivity index (χ3n) is 2.25. The summed E-state index contributed by atoms with van der Waals surface area (Å²) in [6.45, 7) is 0. The first-order chi connectivity index (χ1) is 9.56. The second kappa shape index (κ2) is 5.11. The number of hydrogen-bond donors (Lipinski definition) is 0. The fraction of sp³-hybridized carbons (Fsp3) is 0.100. The average Bonchev–Trinajstić information content (AvgIpc) is 2.94. The first-order valence-electron chi connectivity index (χ1n) is 5.12. The predicted molar refractivity (Wildman–Crippen MR) is 61.9 cm³/mol. The summed E-state index contributed by atoms with van der Waals surface area (Å²) in [5.41, 5.74) is -0.505. The van der Waals surface area contributed by atoms with Crippen molar-refractivity contribution in [3.05, 3.63) is 40.1 Å². The van der Waals surface area contributed by atoms with Crippen molar-refractivity contribution in [2.75, 3.05) is 7.11 Å². The SMILES string of the molecule is COC(=O)c1ccc([N+](=O)[O-])c(-n2cnc(C#N)n2)n1. The van der Waals surface area contributed by atoms with Gasteiger partial charge in [-0.05, 0) is 6.07 Å². The summed E-state index contributed by atoms with van der Waals surface area (Å²) < 4.78 is 5.43. The van der Waals surface area contributed by atoms with Gasteiger partial charge in [0.15, 0.2) is 5.69 Å². The number of esters is 1. The summed E-state index contributed by atoms with van der Waals surface area (Å²) >= 11 is 0. The third kappa shape index (κ3) is 2.27. The number of aromatic nitrogens is 4. The molecular formula is C10H6N6O4. The Bertz CT molecular complexity index is 732. The Hall–Kier alpha value is -3.35. The van der Waals surface area contributed by atoms with Gasteiger partial charge in [-0.25, -0.2) is 14.8 Å². The van der Waals surface area contributed by atoms with Crippen LogP contribution in [-0.4, -0.2) is 37.8 Å². The monoisotopic (exact) mass is 274 g/mol. The molecule has 0 N–H and O–H groups in total. The highest BCUT2D eigenvalue weighted by molar-refractivity contribution is 5.87. The van der Waals surface area contributed by atoms with Gasteiger partial charge in [-0.1, -0.05) is 0 Å². The van der Waals surface area contributed by atoms with Crippen molar-refractivity contribution in [3.8, 4) is 11.9 Å². The lowest BCUT2D eigenvalue weighted by Gasteiger charge is -2.03. The van der Waals surface area contributed by atoms with Crippen LogP contribution in [0.15, 0.2) is 18.5 Å². The Morgan fingerprint density at radius 3 is 2.85 bits per heavy atom. The van der Waals surface area contributed by atoms with Crippen LogP contribution in [0.4, 0.5) is 5.69 Å². The highest BCUT2D eigenvalue weighted by atomic mass is 16.6. The largest absolute Gasteiger partial charge is 0.464 e. The van der Waals surface area contributed by atoms with Crippen LogP contribution in [0.2, 0.25) is 0 Å². The lowest BCUT2D eigenvalue weighted by atomic mass is 10.3. The maximum atomic E-state index is 11.4. The molecular weight excluding hydrogens is 268 g/mol. The number of nitriles is 1. The molecule has 0 aromatic carbocycles. The smallest absolute Gasteiger partial charge is 0.356 e. The summed E-state index contributed by atoms with van der Waals surface area (Å²) in [6, 6.07) is 3.94. The van der Waals surface area contributed by atoms with E-state index in [4.69, 9.17) is 5.26 Å². The maximum absolute atomic E-state index is 11.4. The van der Waals surface area contributed by atoms with E-state index >= 15 is 0 Å². The molecule has 2 rings (SSSR count). The fourth-order valence-corrected chi connectivity index (χ4v) is 1.39. The zero-order chi connectivity index (χ0) is 14.7. The molecule has 100 valence electrons. The van der Waals surface area contributed by atoms with Crippen LogP contribution in [0.3, 0.4) is 0 Å². The van der Waals surface area contributed by atoms with E-state index in [1.807, 2.05) is 0 Å². The Balaban J connectivity index is 2.61. The molecule has 0 aliphatic carbocycles. The summed E-state index contributed by atoms with van der Waals surface area (Å²) in [5, 5.41) is 23.3. The van der Waals surface area contributed by atoms with Gasteiger partial charge in [0.2, 0.25) is 5.82 Å². The van der Waals surface area contributed by atoms with Gasteiger partial charge in [-0.15, -0.1) is 5.10 Å². The fourth-order valence-electron chi connectivity index (χ4n) is 1.39. The molecule has 2 heterocycles. The van der Waals surface area contributed by atoms with Crippen LogP contribution in [0, 0.1) is 21.4 Å². The molecule has 0 saturated heterocycles. The van der Waals surface area contributed by atoms with Gasteiger partial charge in [0, 0.05) is 6.07 Å². The first kappa shape index (κ1) is 13.1. The van der Waals surface area contributed by atoms with Gasteiger partial charge < -0.3 is 4.74 Å². The van der Waals surface area contributed by atoms with Crippen LogP contribution >= 0.6 is 0 Å². The standard InChI is InChI=1S/C10H6N6O4/c1-20-10(17)6-2-3-7(16(18)19)9(13-6)15-5-12-8(4-11)14-15/h2-3,5H,1H3. The van der Waals surface area contributed by atoms with E-state index in [2.05, 4.69) is 19.8 Å². The molecule has 0 amide bonds. The molecule has 0 atom stereocenters. The van der Waals surface area contributed by atoms with Crippen molar-refractivity contribution in [3.63, 3.8) is 0 Å². The molecule has 0 spiro atoms. The molecule has 10 heteroatoms. The second-order valence-electron chi connectivity index (χ2n) is 3.41. The summed E-state index contributed by atoms with van der Waals surface area (Å²) in [7, 11) is 1.16. The molecule has 0 radical (unpaired) electrons. The zero-order valence-electron chi connectivity index (χ0n) is 10.0. The Labute approximate surface area is 111 Å². The molecule has 10 nitrogen and oxygen atoms in total. The molecule has 0 aliphatic heterocycles. The minimum atomic E-state index is -0.748. The number of pyridine rings is 1. The molecule has 2 aromatic rings. The Morgan fingerprint density at radius 1 is 1.55 bits per heavy atom. The number of nitrogens with zero attached hydrogens (tertiary/aromatic N) is 6. The summed E-state index contributed by atoms with van der Waals surface area (Å²) in [4.78, 5) is 29.1. The highest BCUT2D eigenvalue weighted by Crippen LogP contribution is 2.20. The van der Waals surface area contributed by atoms with Gasteiger partial charge in [-0.2, -0.15) is 9.94 Å². The van der Waals surface area contributed by atoms with Crippen molar-refractivity contribution in [2.45, 2.75) is 0 Å². The third-order valence-corrected chi connectivity index (χ3v) is 2.25. The van der Waals surface area contributed by atoms with E-state index in [-0.39, 0.29) is 23.0 Å². The van der Waals surface area contributed by atoms with Crippen LogP contribution < -0.4 is 0 Å². The van der Waals surface area contributed by atoms with E-state index in [9.17, 15) is 14.9 Å². The van der Waals surface area contributed by atoms with Crippen LogP contribution in [0.1, 0.15) is 16.3 Å². The molecule has 0 unspecified atom stereocenters. The number of methoxy groups -OCH3 is 1. The van der Waals surface area contributed by atoms with Gasteiger partial charge in [-0.3, -0.25) is 10.1 Å². The van der Waals surface area contributed by atoms with Crippen LogP contribution in [-0.2, 0) is 4.74 Å². The molecule has 0 aliphatic rings. The lowest BCUT2D eigenvalue weighted by molar-refractivity contribution is -0.384. The van der Waals surface area contributed by atoms with Gasteiger partial charge in [0.1, 0.15) is 12.4 Å². The van der Waals surface area contributed by atoms with Crippen molar-refractivity contribution in [2.24, 2.45) is 0 Å². The second-order valence-corrected chi connectivity index (χ2v) is 3.41. The van der Waals surface area contributed by atoms with Gasteiger partial charge in [0.25, 0.3) is 5.82 Å². The quantitative estimate of drug-likeness (QED) is 0.440. The van der Waals surface area contributed by atoms with E-state index in [1.54, 1.807) is 6.07 Å². The van der Waals surface area contributed by atoms with Crippen molar-refractivity contribution in [1.82, 2.24) is 19.7 Å². The molecule has 2 aromatic heterocycles. The topological polar surface area (TPSA) is 137 Å². The summed E-state index contributed by atoms with van der Waals surface area (Å²) in [5.74, 6) is -1.15. The van der Waals surface area contributed by atoms with Crippen LogP contribution in [0.5, 0.6) is 0 Å². The molecule has 0 fully saturated rings. The maximum Gasteiger partial charge on any atom is 0.356 e. The van der Waals surface area contributed by atoms with E-state index in [0.29, 0.717) is 0 Å². The van der Waals surface area contributed by atoms with Gasteiger partial charge >= 0.3 is 11.7 Å². The molecule has 20 heavy (non-hydrogen) atoms. The zero-order valence-corrected chi connectivity index (χ0v) is 10.0. The van der Waals surface area contributed by atoms with E-state index in [0.717, 1.165) is 30.3 Å². The Morgan fingerprint density at radius 2 is 2.30 bits per heavy atom. The summed E-state index contributed by atoms with van der Waals surface area (Å²) in [6.07, 6.45) is 1.09. The number of nitro groups is 1. The number of carbonyl (C=O) groups is 1. The number of hydrogen-bond acceptors (Lipinski definition) is 8. The normalized spacial score (nSPS) is 9.80. The number of ether oxygens (including phenoxy) is 1. The van der Waals surface area contributed by atoms with E-state index < -0.39 is 10.9 Å². The molecule has 0 bridgehead atoms.